The van der Waals surface area contributed by atoms with Crippen LogP contribution in [0.2, 0.25) is 0 Å². The van der Waals surface area contributed by atoms with Crippen LogP contribution in [0.1, 0.15) is 31.2 Å². The second-order valence-corrected chi connectivity index (χ2v) is 3.64. The van der Waals surface area contributed by atoms with E-state index in [2.05, 4.69) is 22.4 Å². The van der Waals surface area contributed by atoms with Crippen molar-refractivity contribution in [2.24, 2.45) is 5.92 Å². The van der Waals surface area contributed by atoms with Gasteiger partial charge in [0.1, 0.15) is 6.10 Å². The van der Waals surface area contributed by atoms with Crippen molar-refractivity contribution >= 4 is 0 Å². The molecular formula is C9H15N3O2. The van der Waals surface area contributed by atoms with Crippen molar-refractivity contribution < 1.29 is 9.26 Å². The Hall–Kier alpha value is -0.940. The Kier molecular flexibility index (Phi) is 2.79. The molecule has 1 N–H and O–H groups in total. The monoisotopic (exact) mass is 197 g/mol. The summed E-state index contributed by atoms with van der Waals surface area (Å²) in [4.78, 5) is 4.27. The molecule has 1 aromatic rings. The number of ether oxygens (including phenoxy) is 1. The summed E-state index contributed by atoms with van der Waals surface area (Å²) in [5.74, 6) is 1.77. The van der Waals surface area contributed by atoms with Gasteiger partial charge in [0.05, 0.1) is 6.54 Å². The number of nitrogens with one attached hydrogen (secondary N) is 1. The summed E-state index contributed by atoms with van der Waals surface area (Å²) in [5.41, 5.74) is 0. The average Bonchev–Trinajstić information content (AvgIpc) is 2.74. The van der Waals surface area contributed by atoms with Gasteiger partial charge in [-0.1, -0.05) is 12.1 Å². The zero-order valence-corrected chi connectivity index (χ0v) is 8.49. The minimum atomic E-state index is -0.00638. The molecule has 0 radical (unpaired) electrons. The third kappa shape index (κ3) is 1.78. The highest BCUT2D eigenvalue weighted by molar-refractivity contribution is 4.93. The van der Waals surface area contributed by atoms with E-state index in [4.69, 9.17) is 9.26 Å². The number of aromatic nitrogens is 2. The highest BCUT2D eigenvalue weighted by Gasteiger charge is 2.30. The van der Waals surface area contributed by atoms with Crippen LogP contribution in [-0.2, 0) is 11.3 Å². The van der Waals surface area contributed by atoms with Gasteiger partial charge in [-0.3, -0.25) is 0 Å². The van der Waals surface area contributed by atoms with E-state index in [0.29, 0.717) is 24.2 Å². The average molecular weight is 197 g/mol. The summed E-state index contributed by atoms with van der Waals surface area (Å²) in [6, 6.07) is 0. The van der Waals surface area contributed by atoms with Crippen LogP contribution in [0, 0.1) is 5.92 Å². The lowest BCUT2D eigenvalue weighted by Gasteiger charge is -2.07. The lowest BCUT2D eigenvalue weighted by molar-refractivity contribution is 0.0661. The molecule has 5 nitrogen and oxygen atoms in total. The molecule has 2 rings (SSSR count). The third-order valence-corrected chi connectivity index (χ3v) is 2.45. The zero-order valence-electron chi connectivity index (χ0n) is 8.49. The number of nitrogens with zero attached hydrogens (tertiary/aromatic N) is 2. The van der Waals surface area contributed by atoms with Crippen molar-refractivity contribution in [3.8, 4) is 0 Å². The Balaban J connectivity index is 2.08. The second kappa shape index (κ2) is 4.06. The normalized spacial score (nSPS) is 27.0. The third-order valence-electron chi connectivity index (χ3n) is 2.45. The van der Waals surface area contributed by atoms with E-state index in [1.54, 1.807) is 0 Å². The molecule has 1 aliphatic rings. The molecule has 2 heterocycles. The SMILES string of the molecule is CNCc1noc(C2OCCC2C)n1. The minimum Gasteiger partial charge on any atom is -0.368 e. The minimum absolute atomic E-state index is 0.00638. The lowest BCUT2D eigenvalue weighted by Crippen LogP contribution is -2.08. The van der Waals surface area contributed by atoms with Crippen LogP contribution in [0.25, 0.3) is 0 Å². The molecule has 2 unspecified atom stereocenters. The molecule has 14 heavy (non-hydrogen) atoms. The molecule has 0 spiro atoms. The smallest absolute Gasteiger partial charge is 0.256 e. The maximum absolute atomic E-state index is 5.53. The van der Waals surface area contributed by atoms with Crippen molar-refractivity contribution in [2.45, 2.75) is 26.0 Å². The molecule has 78 valence electrons. The Morgan fingerprint density at radius 3 is 3.07 bits per heavy atom. The van der Waals surface area contributed by atoms with Gasteiger partial charge in [-0.2, -0.15) is 4.98 Å². The Labute approximate surface area is 82.8 Å². The van der Waals surface area contributed by atoms with E-state index in [9.17, 15) is 0 Å². The Morgan fingerprint density at radius 1 is 1.57 bits per heavy atom. The van der Waals surface area contributed by atoms with Crippen molar-refractivity contribution in [3.63, 3.8) is 0 Å². The first-order valence-corrected chi connectivity index (χ1v) is 4.90. The molecule has 1 fully saturated rings. The maximum atomic E-state index is 5.53. The maximum Gasteiger partial charge on any atom is 0.256 e. The van der Waals surface area contributed by atoms with Gasteiger partial charge in [0.25, 0.3) is 5.89 Å². The molecule has 0 bridgehead atoms. The van der Waals surface area contributed by atoms with Gasteiger partial charge in [0, 0.05) is 6.61 Å². The molecule has 0 aromatic carbocycles. The lowest BCUT2D eigenvalue weighted by atomic mass is 10.0. The highest BCUT2D eigenvalue weighted by atomic mass is 16.5. The summed E-state index contributed by atoms with van der Waals surface area (Å²) in [7, 11) is 1.85. The van der Waals surface area contributed by atoms with Crippen LogP contribution in [0.5, 0.6) is 0 Å². The summed E-state index contributed by atoms with van der Waals surface area (Å²) in [6.07, 6.45) is 1.06. The molecule has 0 saturated carbocycles. The first-order valence-electron chi connectivity index (χ1n) is 4.90. The molecule has 5 heteroatoms. The van der Waals surface area contributed by atoms with Crippen LogP contribution < -0.4 is 5.32 Å². The highest BCUT2D eigenvalue weighted by Crippen LogP contribution is 2.32. The van der Waals surface area contributed by atoms with Crippen molar-refractivity contribution in [3.05, 3.63) is 11.7 Å². The summed E-state index contributed by atoms with van der Waals surface area (Å²) in [5, 5.41) is 6.83. The van der Waals surface area contributed by atoms with Gasteiger partial charge in [0.2, 0.25) is 0 Å². The Bertz CT molecular complexity index is 300. The van der Waals surface area contributed by atoms with Crippen molar-refractivity contribution in [1.29, 1.82) is 0 Å². The van der Waals surface area contributed by atoms with E-state index in [0.717, 1.165) is 13.0 Å². The van der Waals surface area contributed by atoms with E-state index >= 15 is 0 Å². The van der Waals surface area contributed by atoms with E-state index in [-0.39, 0.29) is 6.10 Å². The van der Waals surface area contributed by atoms with Crippen LogP contribution in [-0.4, -0.2) is 23.8 Å². The fraction of sp³-hybridized carbons (Fsp3) is 0.778. The van der Waals surface area contributed by atoms with E-state index < -0.39 is 0 Å². The molecule has 1 saturated heterocycles. The van der Waals surface area contributed by atoms with Gasteiger partial charge >= 0.3 is 0 Å². The first kappa shape index (κ1) is 9.61. The van der Waals surface area contributed by atoms with Gasteiger partial charge in [-0.25, -0.2) is 0 Å². The molecule has 1 aromatic heterocycles. The predicted octanol–water partition coefficient (Wildman–Crippen LogP) is 0.886. The Morgan fingerprint density at radius 2 is 2.43 bits per heavy atom. The molecule has 0 aliphatic carbocycles. The summed E-state index contributed by atoms with van der Waals surface area (Å²) >= 11 is 0. The summed E-state index contributed by atoms with van der Waals surface area (Å²) in [6.45, 7) is 3.56. The number of hydrogen-bond donors (Lipinski definition) is 1. The van der Waals surface area contributed by atoms with E-state index in [1.807, 2.05) is 7.05 Å². The second-order valence-electron chi connectivity index (χ2n) is 3.64. The van der Waals surface area contributed by atoms with Crippen LogP contribution in [0.15, 0.2) is 4.52 Å². The standard InChI is InChI=1S/C9H15N3O2/c1-6-3-4-13-8(6)9-11-7(5-10-2)12-14-9/h6,8,10H,3-5H2,1-2H3. The fourth-order valence-corrected chi connectivity index (χ4v) is 1.62. The molecular weight excluding hydrogens is 182 g/mol. The van der Waals surface area contributed by atoms with Gasteiger partial charge in [0.15, 0.2) is 5.82 Å². The van der Waals surface area contributed by atoms with Crippen LogP contribution in [0.4, 0.5) is 0 Å². The van der Waals surface area contributed by atoms with Gasteiger partial charge in [-0.15, -0.1) is 0 Å². The number of hydrogen-bond acceptors (Lipinski definition) is 5. The summed E-state index contributed by atoms with van der Waals surface area (Å²) < 4.78 is 10.7. The van der Waals surface area contributed by atoms with Crippen molar-refractivity contribution in [1.82, 2.24) is 15.5 Å². The molecule has 2 atom stereocenters. The zero-order chi connectivity index (χ0) is 9.97. The predicted molar refractivity (Wildman–Crippen MR) is 49.5 cm³/mol. The topological polar surface area (TPSA) is 60.2 Å². The quantitative estimate of drug-likeness (QED) is 0.779. The largest absolute Gasteiger partial charge is 0.368 e. The van der Waals surface area contributed by atoms with Crippen LogP contribution >= 0.6 is 0 Å². The van der Waals surface area contributed by atoms with Gasteiger partial charge < -0.3 is 14.6 Å². The molecule has 1 aliphatic heterocycles. The van der Waals surface area contributed by atoms with E-state index in [1.165, 1.54) is 0 Å². The fourth-order valence-electron chi connectivity index (χ4n) is 1.62. The van der Waals surface area contributed by atoms with Gasteiger partial charge in [-0.05, 0) is 19.4 Å². The van der Waals surface area contributed by atoms with Crippen molar-refractivity contribution in [2.75, 3.05) is 13.7 Å². The van der Waals surface area contributed by atoms with Crippen LogP contribution in [0.3, 0.4) is 0 Å². The molecule has 0 amide bonds. The number of rotatable bonds is 3. The first-order chi connectivity index (χ1) is 6.81.